The van der Waals surface area contributed by atoms with Crippen LogP contribution in [-0.2, 0) is 14.6 Å². The normalized spacial score (nSPS) is 24.4. The van der Waals surface area contributed by atoms with Gasteiger partial charge in [0.15, 0.2) is 9.84 Å². The Balaban J connectivity index is 1.88. The van der Waals surface area contributed by atoms with Crippen molar-refractivity contribution < 1.29 is 27.4 Å². The van der Waals surface area contributed by atoms with Crippen molar-refractivity contribution in [2.75, 3.05) is 38.9 Å². The molecule has 1 amide bonds. The lowest BCUT2D eigenvalue weighted by Gasteiger charge is -2.30. The summed E-state index contributed by atoms with van der Waals surface area (Å²) in [5.74, 6) is 0.938. The topological polar surface area (TPSA) is 82.1 Å². The van der Waals surface area contributed by atoms with Crippen LogP contribution < -0.4 is 9.47 Å². The van der Waals surface area contributed by atoms with Crippen molar-refractivity contribution in [2.24, 2.45) is 0 Å². The van der Waals surface area contributed by atoms with Gasteiger partial charge in [-0.3, -0.25) is 4.79 Å². The summed E-state index contributed by atoms with van der Waals surface area (Å²) in [6.45, 7) is 1.08. The number of hydrogen-bond donors (Lipinski definition) is 0. The van der Waals surface area contributed by atoms with Gasteiger partial charge in [-0.15, -0.1) is 0 Å². The second-order valence-corrected chi connectivity index (χ2v) is 8.98. The zero-order valence-corrected chi connectivity index (χ0v) is 16.0. The van der Waals surface area contributed by atoms with E-state index in [4.69, 9.17) is 14.2 Å². The van der Waals surface area contributed by atoms with Gasteiger partial charge in [0.2, 0.25) is 0 Å². The molecule has 2 saturated heterocycles. The number of nitrogens with zero attached hydrogens (tertiary/aromatic N) is 1. The van der Waals surface area contributed by atoms with Crippen LogP contribution in [0, 0.1) is 0 Å². The van der Waals surface area contributed by atoms with Gasteiger partial charge in [-0.2, -0.15) is 0 Å². The lowest BCUT2D eigenvalue weighted by molar-refractivity contribution is 0.0441. The molecule has 8 heteroatoms. The van der Waals surface area contributed by atoms with E-state index in [1.165, 1.54) is 14.2 Å². The molecule has 3 rings (SSSR count). The first-order chi connectivity index (χ1) is 12.4. The first-order valence-electron chi connectivity index (χ1n) is 8.78. The van der Waals surface area contributed by atoms with Crippen molar-refractivity contribution in [3.05, 3.63) is 23.8 Å². The van der Waals surface area contributed by atoms with E-state index in [9.17, 15) is 13.2 Å². The molecule has 0 aliphatic carbocycles. The molecule has 144 valence electrons. The number of amides is 1. The number of rotatable bonds is 6. The second-order valence-electron chi connectivity index (χ2n) is 6.75. The highest BCUT2D eigenvalue weighted by molar-refractivity contribution is 7.91. The first kappa shape index (κ1) is 19.0. The number of ether oxygens (including phenoxy) is 3. The van der Waals surface area contributed by atoms with Crippen LogP contribution in [0.4, 0.5) is 0 Å². The lowest BCUT2D eigenvalue weighted by Crippen LogP contribution is -2.45. The molecular formula is C18H25NO6S. The summed E-state index contributed by atoms with van der Waals surface area (Å²) in [7, 11) is -0.0505. The number of sulfone groups is 1. The van der Waals surface area contributed by atoms with Gasteiger partial charge in [-0.1, -0.05) is 0 Å². The zero-order chi connectivity index (χ0) is 18.7. The van der Waals surface area contributed by atoms with Crippen LogP contribution in [0.3, 0.4) is 0 Å². The van der Waals surface area contributed by atoms with Gasteiger partial charge >= 0.3 is 0 Å². The van der Waals surface area contributed by atoms with Crippen LogP contribution in [0.2, 0.25) is 0 Å². The summed E-state index contributed by atoms with van der Waals surface area (Å²) in [5, 5.41) is 0. The van der Waals surface area contributed by atoms with Crippen LogP contribution in [0.15, 0.2) is 18.2 Å². The molecule has 2 fully saturated rings. The fourth-order valence-electron chi connectivity index (χ4n) is 3.52. The quantitative estimate of drug-likeness (QED) is 0.741. The van der Waals surface area contributed by atoms with Gasteiger partial charge in [-0.25, -0.2) is 8.42 Å². The Hall–Kier alpha value is -1.80. The highest BCUT2D eigenvalue weighted by Gasteiger charge is 2.37. The standard InChI is InChI=1S/C18H25NO6S/c1-23-16-8-13(9-17(10-16)24-2)18(20)19(11-15-4-3-6-25-15)14-5-7-26(21,22)12-14/h8-10,14-15H,3-7,11-12H2,1-2H3/t14-,15+/m1/s1. The Morgan fingerprint density at radius 1 is 1.19 bits per heavy atom. The van der Waals surface area contributed by atoms with E-state index in [2.05, 4.69) is 0 Å². The summed E-state index contributed by atoms with van der Waals surface area (Å²) in [6, 6.07) is 4.67. The first-order valence-corrected chi connectivity index (χ1v) is 10.6. The summed E-state index contributed by atoms with van der Waals surface area (Å²) in [4.78, 5) is 14.9. The van der Waals surface area contributed by atoms with Crippen molar-refractivity contribution in [3.63, 3.8) is 0 Å². The SMILES string of the molecule is COc1cc(OC)cc(C(=O)N(C[C@@H]2CCCO2)[C@@H]2CCS(=O)(=O)C2)c1. The fourth-order valence-corrected chi connectivity index (χ4v) is 5.25. The molecule has 2 atom stereocenters. The van der Waals surface area contributed by atoms with Crippen molar-refractivity contribution in [2.45, 2.75) is 31.4 Å². The maximum Gasteiger partial charge on any atom is 0.254 e. The monoisotopic (exact) mass is 383 g/mol. The Morgan fingerprint density at radius 3 is 2.38 bits per heavy atom. The molecule has 1 aromatic carbocycles. The minimum Gasteiger partial charge on any atom is -0.497 e. The predicted molar refractivity (Wildman–Crippen MR) is 96.6 cm³/mol. The van der Waals surface area contributed by atoms with E-state index in [0.717, 1.165) is 12.8 Å². The third-order valence-electron chi connectivity index (χ3n) is 4.93. The summed E-state index contributed by atoms with van der Waals surface area (Å²) in [6.07, 6.45) is 2.25. The average Bonchev–Trinajstić information content (AvgIpc) is 3.27. The summed E-state index contributed by atoms with van der Waals surface area (Å²) < 4.78 is 40.0. The van der Waals surface area contributed by atoms with Crippen LogP contribution in [0.5, 0.6) is 11.5 Å². The van der Waals surface area contributed by atoms with Crippen molar-refractivity contribution in [1.82, 2.24) is 4.90 Å². The highest BCUT2D eigenvalue weighted by Crippen LogP contribution is 2.27. The smallest absolute Gasteiger partial charge is 0.254 e. The molecule has 7 nitrogen and oxygen atoms in total. The highest BCUT2D eigenvalue weighted by atomic mass is 32.2. The molecule has 2 aliphatic heterocycles. The summed E-state index contributed by atoms with van der Waals surface area (Å²) >= 11 is 0. The van der Waals surface area contributed by atoms with E-state index in [-0.39, 0.29) is 29.6 Å². The predicted octanol–water partition coefficient (Wildman–Crippen LogP) is 1.51. The summed E-state index contributed by atoms with van der Waals surface area (Å²) in [5.41, 5.74) is 0.420. The number of benzene rings is 1. The van der Waals surface area contributed by atoms with Gasteiger partial charge in [0.05, 0.1) is 31.8 Å². The Morgan fingerprint density at radius 2 is 1.88 bits per heavy atom. The van der Waals surface area contributed by atoms with Gasteiger partial charge in [0, 0.05) is 30.8 Å². The van der Waals surface area contributed by atoms with E-state index in [0.29, 0.717) is 36.6 Å². The Labute approximate surface area is 154 Å². The lowest BCUT2D eigenvalue weighted by atomic mass is 10.1. The third kappa shape index (κ3) is 4.29. The van der Waals surface area contributed by atoms with Crippen LogP contribution in [0.25, 0.3) is 0 Å². The Kier molecular flexibility index (Phi) is 5.72. The largest absolute Gasteiger partial charge is 0.497 e. The van der Waals surface area contributed by atoms with Gasteiger partial charge < -0.3 is 19.1 Å². The minimum absolute atomic E-state index is 0.00651. The van der Waals surface area contributed by atoms with Crippen molar-refractivity contribution in [1.29, 1.82) is 0 Å². The molecule has 1 aromatic rings. The number of carbonyl (C=O) groups excluding carboxylic acids is 1. The second kappa shape index (κ2) is 7.84. The van der Waals surface area contributed by atoms with E-state index < -0.39 is 9.84 Å². The molecule has 2 heterocycles. The van der Waals surface area contributed by atoms with Crippen LogP contribution in [-0.4, -0.2) is 70.2 Å². The van der Waals surface area contributed by atoms with E-state index in [1.807, 2.05) is 0 Å². The fraction of sp³-hybridized carbons (Fsp3) is 0.611. The molecule has 0 N–H and O–H groups in total. The van der Waals surface area contributed by atoms with Crippen LogP contribution >= 0.6 is 0 Å². The number of hydrogen-bond acceptors (Lipinski definition) is 6. The van der Waals surface area contributed by atoms with Gasteiger partial charge in [0.25, 0.3) is 5.91 Å². The number of carbonyl (C=O) groups is 1. The van der Waals surface area contributed by atoms with E-state index >= 15 is 0 Å². The van der Waals surface area contributed by atoms with Gasteiger partial charge in [-0.05, 0) is 31.4 Å². The molecule has 0 radical (unpaired) electrons. The maximum absolute atomic E-state index is 13.2. The number of methoxy groups -OCH3 is 2. The molecule has 2 aliphatic rings. The van der Waals surface area contributed by atoms with Crippen molar-refractivity contribution in [3.8, 4) is 11.5 Å². The minimum atomic E-state index is -3.10. The molecule has 0 unspecified atom stereocenters. The van der Waals surface area contributed by atoms with Crippen LogP contribution in [0.1, 0.15) is 29.6 Å². The molecule has 26 heavy (non-hydrogen) atoms. The molecular weight excluding hydrogens is 358 g/mol. The molecule has 0 bridgehead atoms. The molecule has 0 aromatic heterocycles. The molecule has 0 saturated carbocycles. The Bertz CT molecular complexity index is 735. The van der Waals surface area contributed by atoms with Crippen molar-refractivity contribution >= 4 is 15.7 Å². The third-order valence-corrected chi connectivity index (χ3v) is 6.68. The maximum atomic E-state index is 13.2. The van der Waals surface area contributed by atoms with E-state index in [1.54, 1.807) is 23.1 Å². The average molecular weight is 383 g/mol. The zero-order valence-electron chi connectivity index (χ0n) is 15.1. The van der Waals surface area contributed by atoms with Gasteiger partial charge in [0.1, 0.15) is 11.5 Å². The molecule has 0 spiro atoms.